The highest BCUT2D eigenvalue weighted by molar-refractivity contribution is 5.84. The lowest BCUT2D eigenvalue weighted by molar-refractivity contribution is -0.207. The van der Waals surface area contributed by atoms with E-state index in [1.165, 1.54) is 6.92 Å². The first kappa shape index (κ1) is 18.7. The number of carboxylic acid groups (broad SMARTS) is 1. The zero-order valence-electron chi connectivity index (χ0n) is 12.0. The largest absolute Gasteiger partial charge is 0.480 e. The minimum atomic E-state index is -5.01. The summed E-state index contributed by atoms with van der Waals surface area (Å²) >= 11 is 0. The van der Waals surface area contributed by atoms with Crippen LogP contribution in [-0.4, -0.2) is 41.3 Å². The fourth-order valence-electron chi connectivity index (χ4n) is 1.40. The summed E-state index contributed by atoms with van der Waals surface area (Å²) in [4.78, 5) is 22.4. The van der Waals surface area contributed by atoms with Crippen LogP contribution < -0.4 is 10.6 Å². The van der Waals surface area contributed by atoms with Crippen LogP contribution in [0, 0.1) is 5.92 Å². The predicted octanol–water partition coefficient (Wildman–Crippen LogP) is 1.53. The fraction of sp³-hybridized carbons (Fsp3) is 0.833. The summed E-state index contributed by atoms with van der Waals surface area (Å²) in [6.07, 6.45) is -4.32. The normalized spacial score (nSPS) is 16.6. The van der Waals surface area contributed by atoms with Crippen LogP contribution in [0.25, 0.3) is 0 Å². The van der Waals surface area contributed by atoms with Gasteiger partial charge < -0.3 is 10.4 Å². The van der Waals surface area contributed by atoms with Crippen molar-refractivity contribution >= 4 is 11.9 Å². The summed E-state index contributed by atoms with van der Waals surface area (Å²) in [6, 6.07) is -1.27. The summed E-state index contributed by atoms with van der Waals surface area (Å²) in [6.45, 7) is 5.90. The second kappa shape index (κ2) is 6.92. The highest BCUT2D eigenvalue weighted by atomic mass is 19.4. The molecule has 0 saturated heterocycles. The Bertz CT molecular complexity index is 358. The molecule has 0 heterocycles. The molecule has 0 aromatic heterocycles. The first-order chi connectivity index (χ1) is 8.91. The van der Waals surface area contributed by atoms with Crippen molar-refractivity contribution in [2.75, 3.05) is 6.54 Å². The number of carbonyl (C=O) groups is 2. The van der Waals surface area contributed by atoms with Gasteiger partial charge in [0.25, 0.3) is 0 Å². The van der Waals surface area contributed by atoms with Crippen LogP contribution in [0.15, 0.2) is 0 Å². The van der Waals surface area contributed by atoms with Crippen LogP contribution in [0.5, 0.6) is 0 Å². The number of alkyl halides is 3. The van der Waals surface area contributed by atoms with Crippen LogP contribution in [0.4, 0.5) is 13.2 Å². The number of amides is 1. The minimum absolute atomic E-state index is 0.332. The number of carbonyl (C=O) groups excluding carboxylic acids is 1. The van der Waals surface area contributed by atoms with Crippen LogP contribution in [0.1, 0.15) is 34.1 Å². The zero-order chi connectivity index (χ0) is 16.1. The molecule has 0 fully saturated rings. The number of halogens is 3. The Morgan fingerprint density at radius 3 is 2.05 bits per heavy atom. The van der Waals surface area contributed by atoms with Gasteiger partial charge in [0.2, 0.25) is 11.4 Å². The topological polar surface area (TPSA) is 78.4 Å². The Hall–Kier alpha value is -1.31. The van der Waals surface area contributed by atoms with Crippen LogP contribution in [0.2, 0.25) is 0 Å². The van der Waals surface area contributed by atoms with Gasteiger partial charge in [-0.15, -0.1) is 0 Å². The van der Waals surface area contributed by atoms with E-state index in [9.17, 15) is 22.8 Å². The van der Waals surface area contributed by atoms with Gasteiger partial charge in [-0.05, 0) is 26.2 Å². The third kappa shape index (κ3) is 4.99. The average Bonchev–Trinajstić information content (AvgIpc) is 2.26. The monoisotopic (exact) mass is 298 g/mol. The Balaban J connectivity index is 4.66. The van der Waals surface area contributed by atoms with E-state index in [2.05, 4.69) is 5.32 Å². The van der Waals surface area contributed by atoms with Crippen molar-refractivity contribution in [1.29, 1.82) is 0 Å². The van der Waals surface area contributed by atoms with E-state index in [0.717, 1.165) is 0 Å². The SMILES string of the molecule is CC(C)CCNC(=O)C(C)NC(C)(C(=O)O)C(F)(F)F. The van der Waals surface area contributed by atoms with Gasteiger partial charge in [0.15, 0.2) is 0 Å². The van der Waals surface area contributed by atoms with E-state index in [0.29, 0.717) is 25.8 Å². The second-order valence-corrected chi connectivity index (χ2v) is 5.27. The lowest BCUT2D eigenvalue weighted by Crippen LogP contribution is -2.64. The van der Waals surface area contributed by atoms with Gasteiger partial charge in [0.1, 0.15) is 0 Å². The van der Waals surface area contributed by atoms with Crippen molar-refractivity contribution in [1.82, 2.24) is 10.6 Å². The molecule has 5 nitrogen and oxygen atoms in total. The van der Waals surface area contributed by atoms with E-state index < -0.39 is 29.6 Å². The lowest BCUT2D eigenvalue weighted by atomic mass is 10.0. The lowest BCUT2D eigenvalue weighted by Gasteiger charge is -2.31. The van der Waals surface area contributed by atoms with E-state index in [1.807, 2.05) is 19.2 Å². The minimum Gasteiger partial charge on any atom is -0.480 e. The molecule has 118 valence electrons. The zero-order valence-corrected chi connectivity index (χ0v) is 12.0. The molecule has 20 heavy (non-hydrogen) atoms. The van der Waals surface area contributed by atoms with Gasteiger partial charge in [0.05, 0.1) is 6.04 Å². The molecule has 1 amide bonds. The molecule has 0 aromatic carbocycles. The quantitative estimate of drug-likeness (QED) is 0.666. The maximum atomic E-state index is 12.8. The smallest absolute Gasteiger partial charge is 0.417 e. The number of nitrogens with one attached hydrogen (secondary N) is 2. The Morgan fingerprint density at radius 1 is 1.20 bits per heavy atom. The molecule has 0 spiro atoms. The third-order valence-electron chi connectivity index (χ3n) is 2.91. The standard InChI is InChI=1S/C12H21F3N2O3/c1-7(2)5-6-16-9(18)8(3)17-11(4,10(19)20)12(13,14)15/h7-8,17H,5-6H2,1-4H3,(H,16,18)(H,19,20). The molecule has 8 heteroatoms. The number of hydrogen-bond donors (Lipinski definition) is 3. The molecule has 0 rings (SSSR count). The average molecular weight is 298 g/mol. The molecule has 0 radical (unpaired) electrons. The van der Waals surface area contributed by atoms with Gasteiger partial charge in [0, 0.05) is 6.54 Å². The van der Waals surface area contributed by atoms with Crippen molar-refractivity contribution in [2.24, 2.45) is 5.92 Å². The summed E-state index contributed by atoms with van der Waals surface area (Å²) in [7, 11) is 0. The fourth-order valence-corrected chi connectivity index (χ4v) is 1.40. The summed E-state index contributed by atoms with van der Waals surface area (Å²) in [5.41, 5.74) is -3.16. The number of rotatable bonds is 7. The van der Waals surface area contributed by atoms with Crippen LogP contribution in [0.3, 0.4) is 0 Å². The van der Waals surface area contributed by atoms with Crippen molar-refractivity contribution in [3.8, 4) is 0 Å². The van der Waals surface area contributed by atoms with Crippen LogP contribution in [-0.2, 0) is 9.59 Å². The Kier molecular flexibility index (Phi) is 6.46. The molecule has 0 bridgehead atoms. The molecule has 0 aliphatic carbocycles. The summed E-state index contributed by atoms with van der Waals surface area (Å²) in [5, 5.41) is 13.0. The number of aliphatic carboxylic acids is 1. The van der Waals surface area contributed by atoms with Gasteiger partial charge >= 0.3 is 12.1 Å². The Labute approximate surface area is 115 Å². The highest BCUT2D eigenvalue weighted by Gasteiger charge is 2.58. The van der Waals surface area contributed by atoms with E-state index in [-0.39, 0.29) is 0 Å². The molecule has 0 saturated carbocycles. The first-order valence-electron chi connectivity index (χ1n) is 6.27. The molecule has 2 unspecified atom stereocenters. The number of carboxylic acids is 1. The van der Waals surface area contributed by atoms with E-state index >= 15 is 0 Å². The van der Waals surface area contributed by atoms with Gasteiger partial charge in [-0.1, -0.05) is 13.8 Å². The van der Waals surface area contributed by atoms with Crippen molar-refractivity contribution in [2.45, 2.75) is 51.9 Å². The summed E-state index contributed by atoms with van der Waals surface area (Å²) in [5.74, 6) is -2.40. The molecule has 0 aliphatic rings. The van der Waals surface area contributed by atoms with Gasteiger partial charge in [-0.2, -0.15) is 13.2 Å². The molecular weight excluding hydrogens is 277 g/mol. The molecular formula is C12H21F3N2O3. The maximum absolute atomic E-state index is 12.8. The van der Waals surface area contributed by atoms with Gasteiger partial charge in [-0.3, -0.25) is 10.1 Å². The second-order valence-electron chi connectivity index (χ2n) is 5.27. The van der Waals surface area contributed by atoms with Crippen LogP contribution >= 0.6 is 0 Å². The van der Waals surface area contributed by atoms with E-state index in [1.54, 1.807) is 0 Å². The van der Waals surface area contributed by atoms with Gasteiger partial charge in [-0.25, -0.2) is 4.79 Å². The highest BCUT2D eigenvalue weighted by Crippen LogP contribution is 2.30. The third-order valence-corrected chi connectivity index (χ3v) is 2.91. The first-order valence-corrected chi connectivity index (χ1v) is 6.27. The molecule has 3 N–H and O–H groups in total. The van der Waals surface area contributed by atoms with Crippen molar-refractivity contribution in [3.63, 3.8) is 0 Å². The molecule has 0 aromatic rings. The maximum Gasteiger partial charge on any atom is 0.417 e. The Morgan fingerprint density at radius 2 is 1.70 bits per heavy atom. The van der Waals surface area contributed by atoms with Crippen molar-refractivity contribution < 1.29 is 27.9 Å². The summed E-state index contributed by atoms with van der Waals surface area (Å²) < 4.78 is 38.3. The molecule has 2 atom stereocenters. The predicted molar refractivity (Wildman–Crippen MR) is 67.2 cm³/mol. The van der Waals surface area contributed by atoms with E-state index in [4.69, 9.17) is 5.11 Å². The number of hydrogen-bond acceptors (Lipinski definition) is 3. The molecule has 0 aliphatic heterocycles. The van der Waals surface area contributed by atoms with Crippen molar-refractivity contribution in [3.05, 3.63) is 0 Å².